The minimum atomic E-state index is -0.387. The third kappa shape index (κ3) is 6.61. The molecule has 3 aromatic carbocycles. The summed E-state index contributed by atoms with van der Waals surface area (Å²) in [5, 5.41) is 11.1. The molecule has 0 aliphatic carbocycles. The van der Waals surface area contributed by atoms with Crippen LogP contribution in [0.3, 0.4) is 0 Å². The van der Waals surface area contributed by atoms with Crippen LogP contribution in [0, 0.1) is 0 Å². The van der Waals surface area contributed by atoms with Gasteiger partial charge in [-0.25, -0.2) is 9.59 Å². The van der Waals surface area contributed by atoms with Crippen molar-refractivity contribution in [3.05, 3.63) is 88.5 Å². The lowest BCUT2D eigenvalue weighted by Gasteiger charge is -2.23. The van der Waals surface area contributed by atoms with Crippen LogP contribution in [0.2, 0.25) is 0 Å². The molecular weight excluding hydrogens is 480 g/mol. The Morgan fingerprint density at radius 3 is 1.77 bits per heavy atom. The molecule has 0 aliphatic heterocycles. The van der Waals surface area contributed by atoms with Crippen molar-refractivity contribution in [3.63, 3.8) is 0 Å². The van der Waals surface area contributed by atoms with Gasteiger partial charge < -0.3 is 14.6 Å². The van der Waals surface area contributed by atoms with Crippen molar-refractivity contribution in [2.45, 2.75) is 47.5 Å². The Labute approximate surface area is 215 Å². The monoisotopic (exact) mass is 510 g/mol. The summed E-state index contributed by atoms with van der Waals surface area (Å²) in [6, 6.07) is 18.7. The van der Waals surface area contributed by atoms with Gasteiger partial charge in [0.05, 0.1) is 25.3 Å². The fourth-order valence-corrected chi connectivity index (χ4v) is 5.57. The van der Waals surface area contributed by atoms with E-state index in [-0.39, 0.29) is 23.1 Å². The van der Waals surface area contributed by atoms with E-state index in [4.69, 9.17) is 9.47 Å². The largest absolute Gasteiger partial charge is 0.507 e. The molecule has 1 N–H and O–H groups in total. The number of hydrogen-bond donors (Lipinski definition) is 1. The summed E-state index contributed by atoms with van der Waals surface area (Å²) in [6.07, 6.45) is 0. The summed E-state index contributed by atoms with van der Waals surface area (Å²) >= 11 is 3.03. The summed E-state index contributed by atoms with van der Waals surface area (Å²) < 4.78 is 9.82. The van der Waals surface area contributed by atoms with Gasteiger partial charge in [-0.2, -0.15) is 0 Å². The van der Waals surface area contributed by atoms with Crippen molar-refractivity contribution in [2.24, 2.45) is 0 Å². The van der Waals surface area contributed by atoms with Gasteiger partial charge in [-0.15, -0.1) is 23.5 Å². The van der Waals surface area contributed by atoms with Crippen molar-refractivity contribution in [2.75, 3.05) is 14.2 Å². The maximum Gasteiger partial charge on any atom is 0.338 e. The molecule has 0 fully saturated rings. The molecule has 3 rings (SSSR count). The minimum Gasteiger partial charge on any atom is -0.507 e. The number of esters is 2. The maximum absolute atomic E-state index is 12.1. The summed E-state index contributed by atoms with van der Waals surface area (Å²) in [7, 11) is 2.74. The lowest BCUT2D eigenvalue weighted by atomic mass is 9.84. The lowest BCUT2D eigenvalue weighted by molar-refractivity contribution is 0.0588. The van der Waals surface area contributed by atoms with Crippen molar-refractivity contribution in [1.29, 1.82) is 0 Å². The average molecular weight is 511 g/mol. The molecule has 0 unspecified atom stereocenters. The molecule has 0 atom stereocenters. The van der Waals surface area contributed by atoms with Crippen LogP contribution in [0.4, 0.5) is 0 Å². The molecule has 0 radical (unpaired) electrons. The second-order valence-corrected chi connectivity index (χ2v) is 11.0. The third-order valence-electron chi connectivity index (χ3n) is 5.42. The molecule has 7 heteroatoms. The highest BCUT2D eigenvalue weighted by atomic mass is 32.2. The first-order chi connectivity index (χ1) is 16.7. The van der Waals surface area contributed by atoms with Gasteiger partial charge in [0.2, 0.25) is 0 Å². The number of aromatic hydroxyl groups is 1. The summed E-state index contributed by atoms with van der Waals surface area (Å²) in [4.78, 5) is 25.9. The molecule has 0 saturated carbocycles. The first-order valence-corrected chi connectivity index (χ1v) is 13.1. The van der Waals surface area contributed by atoms with E-state index in [1.807, 2.05) is 42.5 Å². The van der Waals surface area contributed by atoms with Crippen LogP contribution in [-0.2, 0) is 26.4 Å². The molecule has 0 aromatic heterocycles. The normalized spacial score (nSPS) is 11.2. The number of rotatable bonds is 8. The van der Waals surface area contributed by atoms with Crippen LogP contribution < -0.4 is 0 Å². The predicted octanol–water partition coefficient (Wildman–Crippen LogP) is 6.85. The fraction of sp³-hybridized carbons (Fsp3) is 0.286. The molecule has 0 spiro atoms. The summed E-state index contributed by atoms with van der Waals surface area (Å²) in [5.41, 5.74) is 3.45. The number of ether oxygens (including phenoxy) is 2. The SMILES string of the molecule is COC(=O)c1ccccc1SCc1cc(CSc2ccccc2C(=O)OC)c(O)c(C(C)(C)C)c1. The number of methoxy groups -OCH3 is 2. The highest BCUT2D eigenvalue weighted by Gasteiger charge is 2.22. The molecule has 3 aromatic rings. The van der Waals surface area contributed by atoms with Gasteiger partial charge in [0, 0.05) is 26.9 Å². The first-order valence-electron chi connectivity index (χ1n) is 11.1. The van der Waals surface area contributed by atoms with Crippen molar-refractivity contribution in [3.8, 4) is 5.75 Å². The zero-order valence-electron chi connectivity index (χ0n) is 20.6. The van der Waals surface area contributed by atoms with Gasteiger partial charge >= 0.3 is 11.9 Å². The summed E-state index contributed by atoms with van der Waals surface area (Å²) in [5.74, 6) is 0.621. The Morgan fingerprint density at radius 2 is 1.29 bits per heavy atom. The first kappa shape index (κ1) is 26.7. The second kappa shape index (κ2) is 11.7. The zero-order chi connectivity index (χ0) is 25.6. The Bertz CT molecular complexity index is 1210. The van der Waals surface area contributed by atoms with Crippen LogP contribution in [0.5, 0.6) is 5.75 Å². The van der Waals surface area contributed by atoms with Gasteiger partial charge in [-0.3, -0.25) is 0 Å². The average Bonchev–Trinajstić information content (AvgIpc) is 2.86. The van der Waals surface area contributed by atoms with Crippen molar-refractivity contribution < 1.29 is 24.2 Å². The van der Waals surface area contributed by atoms with E-state index in [0.29, 0.717) is 22.6 Å². The Hall–Kier alpha value is -2.90. The number of carbonyl (C=O) groups excluding carboxylic acids is 2. The molecule has 0 heterocycles. The van der Waals surface area contributed by atoms with Crippen LogP contribution >= 0.6 is 23.5 Å². The van der Waals surface area contributed by atoms with E-state index in [0.717, 1.165) is 26.5 Å². The van der Waals surface area contributed by atoms with Gasteiger partial charge in [0.25, 0.3) is 0 Å². The van der Waals surface area contributed by atoms with Crippen LogP contribution in [-0.4, -0.2) is 31.3 Å². The fourth-order valence-electron chi connectivity index (χ4n) is 3.58. The van der Waals surface area contributed by atoms with Crippen molar-refractivity contribution >= 4 is 35.5 Å². The van der Waals surface area contributed by atoms with E-state index in [9.17, 15) is 14.7 Å². The molecule has 0 aliphatic rings. The molecule has 184 valence electrons. The number of phenolic OH excluding ortho intramolecular Hbond substituents is 1. The zero-order valence-corrected chi connectivity index (χ0v) is 22.2. The molecule has 0 saturated heterocycles. The smallest absolute Gasteiger partial charge is 0.338 e. The van der Waals surface area contributed by atoms with Gasteiger partial charge in [-0.1, -0.05) is 57.2 Å². The molecule has 0 bridgehead atoms. The van der Waals surface area contributed by atoms with Gasteiger partial charge in [0.1, 0.15) is 5.75 Å². The Balaban J connectivity index is 1.90. The number of thioether (sulfide) groups is 2. The van der Waals surface area contributed by atoms with E-state index in [2.05, 4.69) is 20.8 Å². The topological polar surface area (TPSA) is 72.8 Å². The molecule has 35 heavy (non-hydrogen) atoms. The highest BCUT2D eigenvalue weighted by molar-refractivity contribution is 7.98. The van der Waals surface area contributed by atoms with Crippen LogP contribution in [0.1, 0.15) is 58.2 Å². The van der Waals surface area contributed by atoms with E-state index < -0.39 is 0 Å². The molecular formula is C28H30O5S2. The van der Waals surface area contributed by atoms with E-state index in [1.165, 1.54) is 26.0 Å². The highest BCUT2D eigenvalue weighted by Crippen LogP contribution is 2.39. The maximum atomic E-state index is 12.1. The molecule has 5 nitrogen and oxygen atoms in total. The number of carbonyl (C=O) groups is 2. The molecule has 0 amide bonds. The van der Waals surface area contributed by atoms with Gasteiger partial charge in [0.15, 0.2) is 0 Å². The minimum absolute atomic E-state index is 0.266. The van der Waals surface area contributed by atoms with E-state index in [1.54, 1.807) is 30.0 Å². The number of hydrogen-bond acceptors (Lipinski definition) is 7. The van der Waals surface area contributed by atoms with Crippen molar-refractivity contribution in [1.82, 2.24) is 0 Å². The standard InChI is InChI=1S/C28H30O5S2/c1-28(2,3)22-15-18(16-34-23-12-8-6-10-20(23)26(30)32-4)14-19(25(22)29)17-35-24-13-9-7-11-21(24)27(31)33-5/h6-15,29H,16-17H2,1-5H3. The Morgan fingerprint density at radius 1 is 0.800 bits per heavy atom. The predicted molar refractivity (Wildman–Crippen MR) is 141 cm³/mol. The Kier molecular flexibility index (Phi) is 8.92. The lowest BCUT2D eigenvalue weighted by Crippen LogP contribution is -2.13. The number of benzene rings is 3. The van der Waals surface area contributed by atoms with Crippen LogP contribution in [0.25, 0.3) is 0 Å². The van der Waals surface area contributed by atoms with Crippen LogP contribution in [0.15, 0.2) is 70.5 Å². The van der Waals surface area contributed by atoms with E-state index >= 15 is 0 Å². The second-order valence-electron chi connectivity index (χ2n) is 8.95. The third-order valence-corrected chi connectivity index (χ3v) is 7.69. The summed E-state index contributed by atoms with van der Waals surface area (Å²) in [6.45, 7) is 6.19. The number of phenols is 1. The quantitative estimate of drug-likeness (QED) is 0.262. The van der Waals surface area contributed by atoms with Gasteiger partial charge in [-0.05, 0) is 40.8 Å².